The Morgan fingerprint density at radius 3 is 2.69 bits per heavy atom. The van der Waals surface area contributed by atoms with E-state index in [1.54, 1.807) is 17.0 Å². The summed E-state index contributed by atoms with van der Waals surface area (Å²) in [5.74, 6) is -0.0790. The first-order valence-corrected chi connectivity index (χ1v) is 9.28. The van der Waals surface area contributed by atoms with Crippen LogP contribution in [0.15, 0.2) is 41.2 Å². The fourth-order valence-electron chi connectivity index (χ4n) is 3.14. The SMILES string of the molecule is O=C(CCc1ccc(=O)[nH]n1)N1CCO[C@@H](CO)[C@@H]1c1ccccc1Cl.O=CO. The molecule has 2 aromatic rings. The average Bonchev–Trinajstić information content (AvgIpc) is 2.73. The van der Waals surface area contributed by atoms with E-state index in [4.69, 9.17) is 26.2 Å². The smallest absolute Gasteiger partial charge is 0.290 e. The highest BCUT2D eigenvalue weighted by Gasteiger charge is 2.36. The van der Waals surface area contributed by atoms with Gasteiger partial charge in [0, 0.05) is 30.5 Å². The van der Waals surface area contributed by atoms with Crippen LogP contribution in [0.5, 0.6) is 0 Å². The number of halogens is 1. The number of aliphatic hydroxyl groups is 1. The Labute approximate surface area is 171 Å². The summed E-state index contributed by atoms with van der Waals surface area (Å²) in [6, 6.07) is 9.80. The number of rotatable bonds is 5. The molecular formula is C19H22ClN3O6. The standard InChI is InChI=1S/C18H20ClN3O4.CH2O2/c19-14-4-2-1-3-13(14)18-15(11-23)26-10-9-22(18)17(25)8-6-12-5-7-16(24)21-20-12;2-1-3/h1-5,7,15,18,23H,6,8-11H2,(H,21,24);1H,(H,2,3)/t15-,18-;/m0./s1. The number of nitrogens with one attached hydrogen (secondary N) is 1. The van der Waals surface area contributed by atoms with E-state index < -0.39 is 12.1 Å². The summed E-state index contributed by atoms with van der Waals surface area (Å²) in [4.78, 5) is 34.0. The molecule has 1 aromatic heterocycles. The van der Waals surface area contributed by atoms with Crippen molar-refractivity contribution < 1.29 is 24.5 Å². The van der Waals surface area contributed by atoms with Crippen LogP contribution in [-0.2, 0) is 20.7 Å². The summed E-state index contributed by atoms with van der Waals surface area (Å²) in [6.07, 6.45) is 0.114. The number of aryl methyl sites for hydroxylation is 1. The first-order valence-electron chi connectivity index (χ1n) is 8.90. The van der Waals surface area contributed by atoms with Gasteiger partial charge in [-0.3, -0.25) is 14.4 Å². The number of H-pyrrole nitrogens is 1. The van der Waals surface area contributed by atoms with Crippen LogP contribution in [0.2, 0.25) is 5.02 Å². The molecule has 2 heterocycles. The molecular weight excluding hydrogens is 402 g/mol. The number of aliphatic hydroxyl groups excluding tert-OH is 1. The fraction of sp³-hybridized carbons (Fsp3) is 0.368. The van der Waals surface area contributed by atoms with E-state index in [0.29, 0.717) is 30.3 Å². The number of nitrogens with zero attached hydrogens (tertiary/aromatic N) is 2. The molecule has 3 rings (SSSR count). The normalized spacial score (nSPS) is 18.5. The van der Waals surface area contributed by atoms with Gasteiger partial charge in [-0.25, -0.2) is 5.10 Å². The number of hydrogen-bond acceptors (Lipinski definition) is 6. The summed E-state index contributed by atoms with van der Waals surface area (Å²) in [7, 11) is 0. The van der Waals surface area contributed by atoms with Gasteiger partial charge in [-0.1, -0.05) is 29.8 Å². The molecule has 0 unspecified atom stereocenters. The molecule has 1 saturated heterocycles. The zero-order chi connectivity index (χ0) is 21.2. The number of carboxylic acid groups (broad SMARTS) is 1. The molecule has 10 heteroatoms. The summed E-state index contributed by atoms with van der Waals surface area (Å²) in [5.41, 5.74) is 1.11. The molecule has 0 bridgehead atoms. The molecule has 0 spiro atoms. The Hall–Kier alpha value is -2.75. The van der Waals surface area contributed by atoms with E-state index in [0.717, 1.165) is 5.56 Å². The van der Waals surface area contributed by atoms with E-state index in [1.165, 1.54) is 6.07 Å². The van der Waals surface area contributed by atoms with Crippen molar-refractivity contribution >= 4 is 24.0 Å². The van der Waals surface area contributed by atoms with Crippen molar-refractivity contribution in [3.63, 3.8) is 0 Å². The van der Waals surface area contributed by atoms with E-state index in [2.05, 4.69) is 10.2 Å². The second kappa shape index (κ2) is 11.3. The Morgan fingerprint density at radius 2 is 2.07 bits per heavy atom. The molecule has 1 fully saturated rings. The van der Waals surface area contributed by atoms with Crippen molar-refractivity contribution in [2.45, 2.75) is 25.0 Å². The van der Waals surface area contributed by atoms with Crippen molar-refractivity contribution in [3.05, 3.63) is 63.0 Å². The van der Waals surface area contributed by atoms with Gasteiger partial charge in [0.25, 0.3) is 12.0 Å². The Morgan fingerprint density at radius 1 is 1.34 bits per heavy atom. The molecule has 0 radical (unpaired) electrons. The van der Waals surface area contributed by atoms with E-state index >= 15 is 0 Å². The molecule has 9 nitrogen and oxygen atoms in total. The van der Waals surface area contributed by atoms with Gasteiger partial charge in [0.05, 0.1) is 24.9 Å². The number of morpholine rings is 1. The van der Waals surface area contributed by atoms with E-state index in [-0.39, 0.29) is 31.0 Å². The van der Waals surface area contributed by atoms with Gasteiger partial charge >= 0.3 is 0 Å². The lowest BCUT2D eigenvalue weighted by atomic mass is 9.97. The van der Waals surface area contributed by atoms with Crippen LogP contribution < -0.4 is 5.56 Å². The van der Waals surface area contributed by atoms with Gasteiger partial charge < -0.3 is 19.8 Å². The molecule has 29 heavy (non-hydrogen) atoms. The summed E-state index contributed by atoms with van der Waals surface area (Å²) < 4.78 is 5.65. The zero-order valence-corrected chi connectivity index (χ0v) is 16.3. The maximum absolute atomic E-state index is 12.8. The van der Waals surface area contributed by atoms with Crippen LogP contribution in [0.1, 0.15) is 23.7 Å². The number of hydrogen-bond donors (Lipinski definition) is 3. The van der Waals surface area contributed by atoms with Crippen molar-refractivity contribution in [3.8, 4) is 0 Å². The number of aromatic nitrogens is 2. The highest BCUT2D eigenvalue weighted by atomic mass is 35.5. The number of carbonyl (C=O) groups excluding carboxylic acids is 1. The maximum Gasteiger partial charge on any atom is 0.290 e. The lowest BCUT2D eigenvalue weighted by Gasteiger charge is -2.41. The zero-order valence-electron chi connectivity index (χ0n) is 15.5. The topological polar surface area (TPSA) is 133 Å². The van der Waals surface area contributed by atoms with Crippen LogP contribution in [-0.4, -0.2) is 63.6 Å². The largest absolute Gasteiger partial charge is 0.483 e. The number of ether oxygens (including phenoxy) is 1. The molecule has 0 saturated carbocycles. The van der Waals surface area contributed by atoms with Crippen LogP contribution in [0.4, 0.5) is 0 Å². The number of aromatic amines is 1. The minimum atomic E-state index is -0.529. The van der Waals surface area contributed by atoms with Crippen LogP contribution in [0.25, 0.3) is 0 Å². The lowest BCUT2D eigenvalue weighted by Crippen LogP contribution is -2.49. The van der Waals surface area contributed by atoms with E-state index in [1.807, 2.05) is 18.2 Å². The molecule has 0 aliphatic carbocycles. The third-order valence-corrected chi connectivity index (χ3v) is 4.75. The second-order valence-corrected chi connectivity index (χ2v) is 6.57. The molecule has 156 valence electrons. The predicted octanol–water partition coefficient (Wildman–Crippen LogP) is 1.02. The highest BCUT2D eigenvalue weighted by Crippen LogP contribution is 2.34. The minimum Gasteiger partial charge on any atom is -0.483 e. The highest BCUT2D eigenvalue weighted by molar-refractivity contribution is 6.31. The fourth-order valence-corrected chi connectivity index (χ4v) is 3.39. The van der Waals surface area contributed by atoms with Crippen molar-refractivity contribution in [2.75, 3.05) is 19.8 Å². The number of benzene rings is 1. The molecule has 1 aromatic carbocycles. The lowest BCUT2D eigenvalue weighted by molar-refractivity contribution is -0.149. The van der Waals surface area contributed by atoms with Gasteiger partial charge in [-0.05, 0) is 17.7 Å². The summed E-state index contributed by atoms with van der Waals surface area (Å²) >= 11 is 6.32. The summed E-state index contributed by atoms with van der Waals surface area (Å²) in [6.45, 7) is 0.320. The Kier molecular flexibility index (Phi) is 8.78. The molecule has 2 atom stereocenters. The van der Waals surface area contributed by atoms with Gasteiger partial charge in [0.15, 0.2) is 0 Å². The Balaban J connectivity index is 0.000000941. The van der Waals surface area contributed by atoms with Gasteiger partial charge in [0.1, 0.15) is 6.10 Å². The van der Waals surface area contributed by atoms with E-state index in [9.17, 15) is 14.7 Å². The van der Waals surface area contributed by atoms with Crippen molar-refractivity contribution in [2.24, 2.45) is 0 Å². The van der Waals surface area contributed by atoms with Crippen molar-refractivity contribution in [1.82, 2.24) is 15.1 Å². The first-order chi connectivity index (χ1) is 14.0. The number of amides is 1. The second-order valence-electron chi connectivity index (χ2n) is 6.16. The van der Waals surface area contributed by atoms with Crippen LogP contribution in [0.3, 0.4) is 0 Å². The quantitative estimate of drug-likeness (QED) is 0.611. The Bertz CT molecular complexity index is 855. The molecule has 1 aliphatic heterocycles. The van der Waals surface area contributed by atoms with Gasteiger partial charge in [-0.2, -0.15) is 5.10 Å². The average molecular weight is 424 g/mol. The first kappa shape index (κ1) is 22.5. The summed E-state index contributed by atoms with van der Waals surface area (Å²) in [5, 5.41) is 23.4. The van der Waals surface area contributed by atoms with Gasteiger partial charge in [-0.15, -0.1) is 0 Å². The van der Waals surface area contributed by atoms with Crippen LogP contribution >= 0.6 is 11.6 Å². The molecule has 1 amide bonds. The number of carbonyl (C=O) groups is 2. The minimum absolute atomic E-state index is 0.0790. The van der Waals surface area contributed by atoms with Crippen molar-refractivity contribution in [1.29, 1.82) is 0 Å². The molecule has 3 N–H and O–H groups in total. The molecule has 1 aliphatic rings. The third kappa shape index (κ3) is 6.11. The monoisotopic (exact) mass is 423 g/mol. The maximum atomic E-state index is 12.8. The van der Waals surface area contributed by atoms with Gasteiger partial charge in [0.2, 0.25) is 5.91 Å². The van der Waals surface area contributed by atoms with Crippen LogP contribution in [0, 0.1) is 0 Å². The predicted molar refractivity (Wildman–Crippen MR) is 105 cm³/mol. The third-order valence-electron chi connectivity index (χ3n) is 4.41.